The number of benzene rings is 1. The van der Waals surface area contributed by atoms with E-state index in [2.05, 4.69) is 0 Å². The molecular formula is C16H16N2O2. The van der Waals surface area contributed by atoms with Gasteiger partial charge in [0.25, 0.3) is 0 Å². The van der Waals surface area contributed by atoms with Gasteiger partial charge in [-0.05, 0) is 26.0 Å². The van der Waals surface area contributed by atoms with Crippen molar-refractivity contribution in [2.45, 2.75) is 20.0 Å². The molecule has 1 aromatic carbocycles. The van der Waals surface area contributed by atoms with Gasteiger partial charge in [0, 0.05) is 29.7 Å². The van der Waals surface area contributed by atoms with E-state index in [1.54, 1.807) is 19.9 Å². The fraction of sp³-hybridized carbons (Fsp3) is 0.250. The lowest BCUT2D eigenvalue weighted by molar-refractivity contribution is -0.142. The first-order valence-corrected chi connectivity index (χ1v) is 6.39. The van der Waals surface area contributed by atoms with E-state index in [-0.39, 0.29) is 11.7 Å². The van der Waals surface area contributed by atoms with E-state index in [4.69, 9.17) is 10.00 Å². The smallest absolute Gasteiger partial charge is 0.349 e. The largest absolute Gasteiger partial charge is 0.459 e. The van der Waals surface area contributed by atoms with Gasteiger partial charge in [-0.25, -0.2) is 4.79 Å². The van der Waals surface area contributed by atoms with Crippen LogP contribution in [0.15, 0.2) is 36.0 Å². The highest BCUT2D eigenvalue weighted by atomic mass is 16.5. The van der Waals surface area contributed by atoms with Crippen molar-refractivity contribution in [2.75, 3.05) is 0 Å². The lowest BCUT2D eigenvalue weighted by Crippen LogP contribution is -2.12. The molecule has 0 N–H and O–H groups in total. The number of aromatic nitrogens is 1. The van der Waals surface area contributed by atoms with Gasteiger partial charge in [0.2, 0.25) is 0 Å². The van der Waals surface area contributed by atoms with Gasteiger partial charge in [-0.1, -0.05) is 18.2 Å². The second-order valence-electron chi connectivity index (χ2n) is 4.84. The Morgan fingerprint density at radius 3 is 2.75 bits per heavy atom. The molecule has 1 aromatic heterocycles. The summed E-state index contributed by atoms with van der Waals surface area (Å²) in [4.78, 5) is 11.8. The van der Waals surface area contributed by atoms with E-state index < -0.39 is 5.97 Å². The zero-order valence-corrected chi connectivity index (χ0v) is 11.8. The molecule has 4 heteroatoms. The standard InChI is InChI=1S/C16H16N2O2/c1-11(2)20-16(19)12(9-17)8-13-10-18(3)15-7-5-4-6-14(13)15/h4-8,10-11H,1-3H3. The van der Waals surface area contributed by atoms with Crippen molar-refractivity contribution in [1.29, 1.82) is 5.26 Å². The van der Waals surface area contributed by atoms with Gasteiger partial charge in [-0.2, -0.15) is 5.26 Å². The van der Waals surface area contributed by atoms with Crippen LogP contribution in [0.4, 0.5) is 0 Å². The molecule has 0 radical (unpaired) electrons. The van der Waals surface area contributed by atoms with E-state index in [0.717, 1.165) is 16.5 Å². The summed E-state index contributed by atoms with van der Waals surface area (Å²) in [6.07, 6.45) is 3.23. The van der Waals surface area contributed by atoms with Gasteiger partial charge in [-0.15, -0.1) is 0 Å². The van der Waals surface area contributed by atoms with Crippen molar-refractivity contribution in [2.24, 2.45) is 7.05 Å². The second kappa shape index (κ2) is 5.62. The quantitative estimate of drug-likeness (QED) is 0.488. The number of fused-ring (bicyclic) bond motifs is 1. The molecule has 2 aromatic rings. The maximum Gasteiger partial charge on any atom is 0.349 e. The number of hydrogen-bond donors (Lipinski definition) is 0. The molecule has 0 aliphatic carbocycles. The molecule has 0 bridgehead atoms. The fourth-order valence-electron chi connectivity index (χ4n) is 2.06. The lowest BCUT2D eigenvalue weighted by atomic mass is 10.1. The van der Waals surface area contributed by atoms with Crippen molar-refractivity contribution in [1.82, 2.24) is 4.57 Å². The molecule has 1 heterocycles. The van der Waals surface area contributed by atoms with Crippen molar-refractivity contribution >= 4 is 22.9 Å². The number of para-hydroxylation sites is 1. The predicted molar refractivity (Wildman–Crippen MR) is 77.7 cm³/mol. The molecular weight excluding hydrogens is 252 g/mol. The van der Waals surface area contributed by atoms with Gasteiger partial charge in [-0.3, -0.25) is 0 Å². The monoisotopic (exact) mass is 268 g/mol. The predicted octanol–water partition coefficient (Wildman–Crippen LogP) is 3.04. The molecule has 0 atom stereocenters. The number of nitrogens with zero attached hydrogens (tertiary/aromatic N) is 2. The summed E-state index contributed by atoms with van der Waals surface area (Å²) in [5.41, 5.74) is 1.89. The average Bonchev–Trinajstić information content (AvgIpc) is 2.72. The maximum absolute atomic E-state index is 11.8. The molecule has 0 fully saturated rings. The molecule has 0 amide bonds. The Bertz CT molecular complexity index is 718. The Balaban J connectivity index is 2.46. The van der Waals surface area contributed by atoms with Crippen LogP contribution < -0.4 is 0 Å². The van der Waals surface area contributed by atoms with E-state index in [0.29, 0.717) is 0 Å². The SMILES string of the molecule is CC(C)OC(=O)C(C#N)=Cc1cn(C)c2ccccc12. The topological polar surface area (TPSA) is 55.0 Å². The van der Waals surface area contributed by atoms with Gasteiger partial charge < -0.3 is 9.30 Å². The summed E-state index contributed by atoms with van der Waals surface area (Å²) in [6, 6.07) is 9.74. The van der Waals surface area contributed by atoms with Crippen LogP contribution in [0, 0.1) is 11.3 Å². The molecule has 20 heavy (non-hydrogen) atoms. The van der Waals surface area contributed by atoms with E-state index >= 15 is 0 Å². The third kappa shape index (κ3) is 2.72. The van der Waals surface area contributed by atoms with Gasteiger partial charge in [0.1, 0.15) is 11.6 Å². The molecule has 102 valence electrons. The lowest BCUT2D eigenvalue weighted by Gasteiger charge is -2.06. The Labute approximate surface area is 117 Å². The van der Waals surface area contributed by atoms with Crippen LogP contribution in [0.3, 0.4) is 0 Å². The zero-order chi connectivity index (χ0) is 14.7. The molecule has 2 rings (SSSR count). The Hall–Kier alpha value is -2.54. The van der Waals surface area contributed by atoms with Crippen LogP contribution in [0.5, 0.6) is 0 Å². The van der Waals surface area contributed by atoms with Gasteiger partial charge in [0.15, 0.2) is 0 Å². The van der Waals surface area contributed by atoms with Crippen molar-refractivity contribution < 1.29 is 9.53 Å². The Morgan fingerprint density at radius 2 is 2.10 bits per heavy atom. The summed E-state index contributed by atoms with van der Waals surface area (Å²) in [7, 11) is 1.93. The minimum atomic E-state index is -0.588. The third-order valence-corrected chi connectivity index (χ3v) is 2.91. The van der Waals surface area contributed by atoms with Gasteiger partial charge in [0.05, 0.1) is 6.10 Å². The summed E-state index contributed by atoms with van der Waals surface area (Å²) < 4.78 is 7.02. The van der Waals surface area contributed by atoms with Crippen LogP contribution in [0.1, 0.15) is 19.4 Å². The fourth-order valence-corrected chi connectivity index (χ4v) is 2.06. The Kier molecular flexibility index (Phi) is 3.90. The third-order valence-electron chi connectivity index (χ3n) is 2.91. The normalized spacial score (nSPS) is 11.7. The van der Waals surface area contributed by atoms with Crippen LogP contribution >= 0.6 is 0 Å². The number of ether oxygens (including phenoxy) is 1. The molecule has 0 unspecified atom stereocenters. The van der Waals surface area contributed by atoms with Crippen LogP contribution in [0.25, 0.3) is 17.0 Å². The van der Waals surface area contributed by atoms with Crippen molar-refractivity contribution in [3.63, 3.8) is 0 Å². The first-order valence-electron chi connectivity index (χ1n) is 6.39. The number of carbonyl (C=O) groups is 1. The molecule has 0 spiro atoms. The summed E-state index contributed by atoms with van der Waals surface area (Å²) in [6.45, 7) is 3.51. The zero-order valence-electron chi connectivity index (χ0n) is 11.8. The minimum Gasteiger partial charge on any atom is -0.459 e. The number of carbonyl (C=O) groups excluding carboxylic acids is 1. The molecule has 0 aliphatic heterocycles. The van der Waals surface area contributed by atoms with Gasteiger partial charge >= 0.3 is 5.97 Å². The highest BCUT2D eigenvalue weighted by molar-refractivity contribution is 6.01. The highest BCUT2D eigenvalue weighted by Crippen LogP contribution is 2.22. The molecule has 4 nitrogen and oxygen atoms in total. The van der Waals surface area contributed by atoms with E-state index in [1.165, 1.54) is 0 Å². The summed E-state index contributed by atoms with van der Waals surface area (Å²) >= 11 is 0. The first kappa shape index (κ1) is 13.9. The number of nitriles is 1. The molecule has 0 saturated carbocycles. The van der Waals surface area contributed by atoms with Crippen LogP contribution in [0.2, 0.25) is 0 Å². The summed E-state index contributed by atoms with van der Waals surface area (Å²) in [5.74, 6) is -0.588. The molecule has 0 saturated heterocycles. The Morgan fingerprint density at radius 1 is 1.40 bits per heavy atom. The number of rotatable bonds is 3. The number of hydrogen-bond acceptors (Lipinski definition) is 3. The average molecular weight is 268 g/mol. The number of esters is 1. The van der Waals surface area contributed by atoms with E-state index in [1.807, 2.05) is 48.1 Å². The summed E-state index contributed by atoms with van der Waals surface area (Å²) in [5, 5.41) is 10.1. The highest BCUT2D eigenvalue weighted by Gasteiger charge is 2.14. The first-order chi connectivity index (χ1) is 9.52. The maximum atomic E-state index is 11.8. The minimum absolute atomic E-state index is 0.00931. The van der Waals surface area contributed by atoms with E-state index in [9.17, 15) is 4.79 Å². The number of aryl methyl sites for hydroxylation is 1. The van der Waals surface area contributed by atoms with Crippen LogP contribution in [-0.2, 0) is 16.6 Å². The van der Waals surface area contributed by atoms with Crippen molar-refractivity contribution in [3.05, 3.63) is 41.6 Å². The molecule has 0 aliphatic rings. The van der Waals surface area contributed by atoms with Crippen LogP contribution in [-0.4, -0.2) is 16.6 Å². The second-order valence-corrected chi connectivity index (χ2v) is 4.84. The van der Waals surface area contributed by atoms with Crippen molar-refractivity contribution in [3.8, 4) is 6.07 Å².